The molecule has 0 aromatic carbocycles. The minimum Gasteiger partial charge on any atom is -0.470 e. The highest BCUT2D eigenvalue weighted by Gasteiger charge is 1.62. The van der Waals surface area contributed by atoms with E-state index in [1.165, 1.54) is 25.0 Å². The van der Waals surface area contributed by atoms with E-state index in [9.17, 15) is 0 Å². The third kappa shape index (κ3) is 4.82. The summed E-state index contributed by atoms with van der Waals surface area (Å²) in [7, 11) is 0. The molecule has 0 spiro atoms. The van der Waals surface area contributed by atoms with E-state index in [4.69, 9.17) is 0 Å². The van der Waals surface area contributed by atoms with Gasteiger partial charge in [-0.2, -0.15) is 0 Å². The predicted molar refractivity (Wildman–Crippen MR) is 31.7 cm³/mol. The summed E-state index contributed by atoms with van der Waals surface area (Å²) in [6, 6.07) is 0. The predicted octanol–water partition coefficient (Wildman–Crippen LogP) is 1.78. The molecule has 0 aliphatic heterocycles. The van der Waals surface area contributed by atoms with Gasteiger partial charge in [0.1, 0.15) is 12.5 Å². The molecule has 0 heterocycles. The van der Waals surface area contributed by atoms with E-state index in [0.717, 1.165) is 0 Å². The molecule has 0 fully saturated rings. The van der Waals surface area contributed by atoms with E-state index in [1.807, 2.05) is 0 Å². The monoisotopic (exact) mass is 112 g/mol. The van der Waals surface area contributed by atoms with Gasteiger partial charge in [0.15, 0.2) is 0 Å². The molecular weight excluding hydrogens is 104 g/mol. The maximum Gasteiger partial charge on any atom is 0.125 e. The number of hydrogen-bond acceptors (Lipinski definition) is 2. The summed E-state index contributed by atoms with van der Waals surface area (Å²) in [5.74, 6) is 0. The third-order valence-corrected chi connectivity index (χ3v) is 0.405. The van der Waals surface area contributed by atoms with Crippen LogP contribution < -0.4 is 0 Å². The van der Waals surface area contributed by atoms with Crippen LogP contribution >= 0.6 is 0 Å². The van der Waals surface area contributed by atoms with Crippen LogP contribution in [0.25, 0.3) is 0 Å². The van der Waals surface area contributed by atoms with Crippen LogP contribution in [-0.2, 0) is 9.47 Å². The van der Waals surface area contributed by atoms with Gasteiger partial charge in [-0.05, 0) is 0 Å². The average Bonchev–Trinajstić information content (AvgIpc) is 1.81. The van der Waals surface area contributed by atoms with E-state index >= 15 is 0 Å². The second-order valence-corrected chi connectivity index (χ2v) is 0.878. The van der Waals surface area contributed by atoms with Crippen LogP contribution in [0.5, 0.6) is 0 Å². The van der Waals surface area contributed by atoms with Crippen LogP contribution in [0, 0.1) is 0 Å². The first-order valence-electron chi connectivity index (χ1n) is 2.09. The van der Waals surface area contributed by atoms with E-state index in [2.05, 4.69) is 22.6 Å². The van der Waals surface area contributed by atoms with Gasteiger partial charge in [0.25, 0.3) is 0 Å². The molecule has 0 aliphatic rings. The van der Waals surface area contributed by atoms with Crippen LogP contribution in [0.15, 0.2) is 38.2 Å². The van der Waals surface area contributed by atoms with Crippen LogP contribution in [0.3, 0.4) is 0 Å². The number of ether oxygens (including phenoxy) is 2. The van der Waals surface area contributed by atoms with E-state index < -0.39 is 0 Å². The molecule has 0 aromatic heterocycles. The quantitative estimate of drug-likeness (QED) is 0.516. The van der Waals surface area contributed by atoms with E-state index in [1.54, 1.807) is 0 Å². The van der Waals surface area contributed by atoms with Crippen molar-refractivity contribution in [3.05, 3.63) is 38.2 Å². The lowest BCUT2D eigenvalue weighted by Crippen LogP contribution is -1.64. The maximum atomic E-state index is 4.55. The summed E-state index contributed by atoms with van der Waals surface area (Å²) < 4.78 is 9.09. The van der Waals surface area contributed by atoms with Gasteiger partial charge in [0, 0.05) is 0 Å². The summed E-state index contributed by atoms with van der Waals surface area (Å²) in [5, 5.41) is 0. The van der Waals surface area contributed by atoms with Crippen LogP contribution in [0.4, 0.5) is 0 Å². The molecule has 2 heteroatoms. The lowest BCUT2D eigenvalue weighted by Gasteiger charge is -1.86. The standard InChI is InChI=1S/C6H8O2/c1-3-7-5-6-8-4-2/h3-6H,1-2H2. The van der Waals surface area contributed by atoms with Gasteiger partial charge in [0.2, 0.25) is 0 Å². The molecule has 0 saturated heterocycles. The molecule has 0 N–H and O–H groups in total. The van der Waals surface area contributed by atoms with E-state index in [0.29, 0.717) is 0 Å². The van der Waals surface area contributed by atoms with Crippen molar-refractivity contribution in [2.75, 3.05) is 0 Å². The zero-order chi connectivity index (χ0) is 6.24. The fourth-order valence-corrected chi connectivity index (χ4v) is 0.175. The lowest BCUT2D eigenvalue weighted by atomic mass is 11.0. The first kappa shape index (κ1) is 6.82. The van der Waals surface area contributed by atoms with Crippen molar-refractivity contribution in [2.24, 2.45) is 0 Å². The second kappa shape index (κ2) is 5.82. The van der Waals surface area contributed by atoms with E-state index in [-0.39, 0.29) is 0 Å². The number of rotatable bonds is 4. The molecule has 0 saturated carbocycles. The molecule has 44 valence electrons. The first-order valence-corrected chi connectivity index (χ1v) is 2.09. The molecule has 0 amide bonds. The highest BCUT2D eigenvalue weighted by Crippen LogP contribution is 1.78. The average molecular weight is 112 g/mol. The Kier molecular flexibility index (Phi) is 4.96. The van der Waals surface area contributed by atoms with Gasteiger partial charge in [-0.15, -0.1) is 0 Å². The topological polar surface area (TPSA) is 18.5 Å². The largest absolute Gasteiger partial charge is 0.470 e. The normalized spacial score (nSPS) is 8.50. The zero-order valence-corrected chi connectivity index (χ0v) is 4.54. The van der Waals surface area contributed by atoms with Crippen molar-refractivity contribution in [2.45, 2.75) is 0 Å². The van der Waals surface area contributed by atoms with Gasteiger partial charge in [-0.1, -0.05) is 13.2 Å². The Morgan fingerprint density at radius 3 is 1.50 bits per heavy atom. The molecule has 2 nitrogen and oxygen atoms in total. The van der Waals surface area contributed by atoms with Crippen molar-refractivity contribution in [3.63, 3.8) is 0 Å². The van der Waals surface area contributed by atoms with Crippen LogP contribution in [0.2, 0.25) is 0 Å². The Hall–Kier alpha value is -1.18. The highest BCUT2D eigenvalue weighted by atomic mass is 16.5. The minimum atomic E-state index is 1.29. The Labute approximate surface area is 48.7 Å². The maximum absolute atomic E-state index is 4.55. The molecule has 0 unspecified atom stereocenters. The van der Waals surface area contributed by atoms with Crippen molar-refractivity contribution < 1.29 is 9.47 Å². The first-order chi connectivity index (χ1) is 3.91. The van der Waals surface area contributed by atoms with Crippen LogP contribution in [0.1, 0.15) is 0 Å². The summed E-state index contributed by atoms with van der Waals surface area (Å²) in [6.07, 6.45) is 5.30. The SMILES string of the molecule is C=COC=COC=C. The Morgan fingerprint density at radius 2 is 1.25 bits per heavy atom. The Bertz CT molecular complexity index is 82.7. The molecule has 8 heavy (non-hydrogen) atoms. The van der Waals surface area contributed by atoms with Crippen molar-refractivity contribution in [3.8, 4) is 0 Å². The Morgan fingerprint density at radius 1 is 0.875 bits per heavy atom. The molecular formula is C6H8O2. The third-order valence-electron chi connectivity index (χ3n) is 0.405. The Balaban J connectivity index is 3.06. The zero-order valence-electron chi connectivity index (χ0n) is 4.54. The highest BCUT2D eigenvalue weighted by molar-refractivity contribution is 4.68. The smallest absolute Gasteiger partial charge is 0.125 e. The molecule has 0 aliphatic carbocycles. The van der Waals surface area contributed by atoms with Gasteiger partial charge < -0.3 is 9.47 Å². The van der Waals surface area contributed by atoms with Gasteiger partial charge in [-0.25, -0.2) is 0 Å². The second-order valence-electron chi connectivity index (χ2n) is 0.878. The van der Waals surface area contributed by atoms with Crippen LogP contribution in [-0.4, -0.2) is 0 Å². The number of hydrogen-bond donors (Lipinski definition) is 0. The summed E-state index contributed by atoms with van der Waals surface area (Å²) in [4.78, 5) is 0. The molecule has 0 radical (unpaired) electrons. The summed E-state index contributed by atoms with van der Waals surface area (Å²) >= 11 is 0. The van der Waals surface area contributed by atoms with Gasteiger partial charge >= 0.3 is 0 Å². The van der Waals surface area contributed by atoms with Crippen molar-refractivity contribution in [1.82, 2.24) is 0 Å². The van der Waals surface area contributed by atoms with Gasteiger partial charge in [0.05, 0.1) is 12.5 Å². The van der Waals surface area contributed by atoms with Gasteiger partial charge in [-0.3, -0.25) is 0 Å². The van der Waals surface area contributed by atoms with Crippen molar-refractivity contribution in [1.29, 1.82) is 0 Å². The molecule has 0 atom stereocenters. The molecule has 0 bridgehead atoms. The summed E-state index contributed by atoms with van der Waals surface area (Å²) in [5.41, 5.74) is 0. The molecule has 0 rings (SSSR count). The minimum absolute atomic E-state index is 1.29. The molecule has 0 aromatic rings. The van der Waals surface area contributed by atoms with Crippen molar-refractivity contribution >= 4 is 0 Å². The fourth-order valence-electron chi connectivity index (χ4n) is 0.175. The summed E-state index contributed by atoms with van der Waals surface area (Å²) in [6.45, 7) is 6.61. The lowest BCUT2D eigenvalue weighted by molar-refractivity contribution is 0.346. The fraction of sp³-hybridized carbons (Fsp3) is 0.